The minimum atomic E-state index is -3.47. The van der Waals surface area contributed by atoms with E-state index in [1.165, 1.54) is 42.0 Å². The van der Waals surface area contributed by atoms with Crippen molar-refractivity contribution in [3.05, 3.63) is 29.8 Å². The van der Waals surface area contributed by atoms with Gasteiger partial charge in [0.15, 0.2) is 0 Å². The smallest absolute Gasteiger partial charge is 0.304 e. The highest BCUT2D eigenvalue weighted by atomic mass is 32.2. The largest absolute Gasteiger partial charge is 0.481 e. The van der Waals surface area contributed by atoms with Gasteiger partial charge in [0.1, 0.15) is 0 Å². The van der Waals surface area contributed by atoms with E-state index in [-0.39, 0.29) is 6.42 Å². The zero-order valence-corrected chi connectivity index (χ0v) is 16.0. The monoisotopic (exact) mass is 380 g/mol. The molecular weight excluding hydrogens is 352 g/mol. The maximum atomic E-state index is 12.9. The number of piperazine rings is 1. The van der Waals surface area contributed by atoms with Crippen molar-refractivity contribution in [1.82, 2.24) is 9.21 Å². The van der Waals surface area contributed by atoms with Crippen LogP contribution in [0.4, 0.5) is 0 Å². The predicted octanol–water partition coefficient (Wildman–Crippen LogP) is 2.52. The fraction of sp³-hybridized carbons (Fsp3) is 0.632. The van der Waals surface area contributed by atoms with Gasteiger partial charge in [0, 0.05) is 32.7 Å². The van der Waals surface area contributed by atoms with Crippen LogP contribution in [0.15, 0.2) is 29.2 Å². The Balaban J connectivity index is 1.60. The van der Waals surface area contributed by atoms with Crippen LogP contribution in [0.25, 0.3) is 0 Å². The van der Waals surface area contributed by atoms with E-state index in [4.69, 9.17) is 5.11 Å². The minimum absolute atomic E-state index is 0.0926. The van der Waals surface area contributed by atoms with Crippen LogP contribution in [0.3, 0.4) is 0 Å². The van der Waals surface area contributed by atoms with Gasteiger partial charge in [-0.15, -0.1) is 0 Å². The Labute approximate surface area is 155 Å². The van der Waals surface area contributed by atoms with Gasteiger partial charge in [-0.05, 0) is 36.5 Å². The molecule has 0 aromatic heterocycles. The van der Waals surface area contributed by atoms with Gasteiger partial charge in [-0.1, -0.05) is 31.4 Å². The third-order valence-corrected chi connectivity index (χ3v) is 7.48. The molecule has 26 heavy (non-hydrogen) atoms. The SMILES string of the molecule is O=C(O)CCN1CCN(S(=O)(=O)c2ccc(C3CCCCC3)cc2)CC1. The fourth-order valence-electron chi connectivity index (χ4n) is 3.94. The Kier molecular flexibility index (Phi) is 6.32. The summed E-state index contributed by atoms with van der Waals surface area (Å²) in [4.78, 5) is 13.0. The van der Waals surface area contributed by atoms with Crippen LogP contribution >= 0.6 is 0 Å². The molecule has 1 heterocycles. The summed E-state index contributed by atoms with van der Waals surface area (Å²) in [7, 11) is -3.47. The number of benzene rings is 1. The van der Waals surface area contributed by atoms with Crippen molar-refractivity contribution in [1.29, 1.82) is 0 Å². The number of nitrogens with zero attached hydrogens (tertiary/aromatic N) is 2. The molecule has 0 atom stereocenters. The van der Waals surface area contributed by atoms with E-state index < -0.39 is 16.0 Å². The Morgan fingerprint density at radius 3 is 2.19 bits per heavy atom. The average molecular weight is 381 g/mol. The lowest BCUT2D eigenvalue weighted by atomic mass is 9.84. The first kappa shape index (κ1) is 19.3. The van der Waals surface area contributed by atoms with Crippen molar-refractivity contribution < 1.29 is 18.3 Å². The van der Waals surface area contributed by atoms with Crippen LogP contribution < -0.4 is 0 Å². The third kappa shape index (κ3) is 4.64. The topological polar surface area (TPSA) is 77.9 Å². The van der Waals surface area contributed by atoms with Crippen LogP contribution in [0.2, 0.25) is 0 Å². The van der Waals surface area contributed by atoms with Crippen LogP contribution in [0.5, 0.6) is 0 Å². The second-order valence-corrected chi connectivity index (χ2v) is 9.23. The van der Waals surface area contributed by atoms with Crippen LogP contribution in [-0.4, -0.2) is 61.4 Å². The summed E-state index contributed by atoms with van der Waals surface area (Å²) in [6, 6.07) is 7.45. The first-order valence-corrected chi connectivity index (χ1v) is 10.9. The van der Waals surface area contributed by atoms with E-state index in [0.29, 0.717) is 43.5 Å². The predicted molar refractivity (Wildman–Crippen MR) is 99.7 cm³/mol. The number of carboxylic acids is 1. The van der Waals surface area contributed by atoms with Crippen molar-refractivity contribution in [2.75, 3.05) is 32.7 Å². The molecule has 144 valence electrons. The third-order valence-electron chi connectivity index (χ3n) is 5.57. The zero-order chi connectivity index (χ0) is 18.6. The summed E-state index contributed by atoms with van der Waals surface area (Å²) in [5.41, 5.74) is 1.25. The van der Waals surface area contributed by atoms with Gasteiger partial charge >= 0.3 is 5.97 Å². The second kappa shape index (κ2) is 8.50. The van der Waals surface area contributed by atoms with Crippen molar-refractivity contribution in [3.8, 4) is 0 Å². The van der Waals surface area contributed by atoms with Gasteiger partial charge in [-0.3, -0.25) is 4.79 Å². The van der Waals surface area contributed by atoms with E-state index in [1.807, 2.05) is 17.0 Å². The molecule has 2 fully saturated rings. The Hall–Kier alpha value is -1.44. The highest BCUT2D eigenvalue weighted by molar-refractivity contribution is 7.89. The number of carbonyl (C=O) groups is 1. The number of hydrogen-bond donors (Lipinski definition) is 1. The molecule has 0 unspecified atom stereocenters. The Morgan fingerprint density at radius 1 is 1.00 bits per heavy atom. The number of aliphatic carboxylic acids is 1. The van der Waals surface area contributed by atoms with Crippen molar-refractivity contribution >= 4 is 16.0 Å². The summed E-state index contributed by atoms with van der Waals surface area (Å²) < 4.78 is 27.2. The molecule has 0 radical (unpaired) electrons. The maximum absolute atomic E-state index is 12.9. The Morgan fingerprint density at radius 2 is 1.62 bits per heavy atom. The number of rotatable bonds is 6. The highest BCUT2D eigenvalue weighted by Gasteiger charge is 2.28. The summed E-state index contributed by atoms with van der Waals surface area (Å²) >= 11 is 0. The highest BCUT2D eigenvalue weighted by Crippen LogP contribution is 2.33. The minimum Gasteiger partial charge on any atom is -0.481 e. The van der Waals surface area contributed by atoms with Gasteiger partial charge in [-0.2, -0.15) is 4.31 Å². The summed E-state index contributed by atoms with van der Waals surface area (Å²) in [5, 5.41) is 8.76. The molecule has 1 aliphatic carbocycles. The molecule has 3 rings (SSSR count). The van der Waals surface area contributed by atoms with E-state index in [9.17, 15) is 13.2 Å². The summed E-state index contributed by atoms with van der Waals surface area (Å²) in [5.74, 6) is -0.253. The van der Waals surface area contributed by atoms with Gasteiger partial charge in [0.2, 0.25) is 10.0 Å². The molecule has 1 aromatic rings. The molecule has 7 heteroatoms. The van der Waals surface area contributed by atoms with Crippen molar-refractivity contribution in [2.45, 2.75) is 49.3 Å². The lowest BCUT2D eigenvalue weighted by molar-refractivity contribution is -0.137. The summed E-state index contributed by atoms with van der Waals surface area (Å²) in [6.45, 7) is 2.44. The molecule has 1 saturated carbocycles. The molecular formula is C19H28N2O4S. The summed E-state index contributed by atoms with van der Waals surface area (Å²) in [6.07, 6.45) is 6.32. The average Bonchev–Trinajstić information content (AvgIpc) is 2.67. The molecule has 6 nitrogen and oxygen atoms in total. The zero-order valence-electron chi connectivity index (χ0n) is 15.1. The molecule has 0 bridgehead atoms. The van der Waals surface area contributed by atoms with E-state index >= 15 is 0 Å². The van der Waals surface area contributed by atoms with E-state index in [2.05, 4.69) is 0 Å². The van der Waals surface area contributed by atoms with E-state index in [0.717, 1.165) is 0 Å². The quantitative estimate of drug-likeness (QED) is 0.820. The number of carboxylic acid groups (broad SMARTS) is 1. The van der Waals surface area contributed by atoms with Gasteiger partial charge in [-0.25, -0.2) is 8.42 Å². The molecule has 1 aliphatic heterocycles. The molecule has 1 N–H and O–H groups in total. The van der Waals surface area contributed by atoms with Gasteiger partial charge < -0.3 is 10.0 Å². The van der Waals surface area contributed by atoms with Gasteiger partial charge in [0.25, 0.3) is 0 Å². The van der Waals surface area contributed by atoms with Crippen molar-refractivity contribution in [3.63, 3.8) is 0 Å². The first-order valence-electron chi connectivity index (χ1n) is 9.51. The fourth-order valence-corrected chi connectivity index (χ4v) is 5.37. The standard InChI is InChI=1S/C19H28N2O4S/c22-19(23)10-11-20-12-14-21(15-13-20)26(24,25)18-8-6-17(7-9-18)16-4-2-1-3-5-16/h6-9,16H,1-5,10-15H2,(H,22,23). The molecule has 0 amide bonds. The molecule has 1 aromatic carbocycles. The molecule has 0 spiro atoms. The maximum Gasteiger partial charge on any atom is 0.304 e. The second-order valence-electron chi connectivity index (χ2n) is 7.29. The van der Waals surface area contributed by atoms with Crippen LogP contribution in [-0.2, 0) is 14.8 Å². The number of hydrogen-bond acceptors (Lipinski definition) is 4. The normalized spacial score (nSPS) is 20.9. The number of sulfonamides is 1. The van der Waals surface area contributed by atoms with E-state index in [1.54, 1.807) is 12.1 Å². The van der Waals surface area contributed by atoms with Crippen molar-refractivity contribution in [2.24, 2.45) is 0 Å². The van der Waals surface area contributed by atoms with Gasteiger partial charge in [0.05, 0.1) is 11.3 Å². The lowest BCUT2D eigenvalue weighted by Crippen LogP contribution is -2.48. The lowest BCUT2D eigenvalue weighted by Gasteiger charge is -2.33. The van der Waals surface area contributed by atoms with Crippen LogP contribution in [0.1, 0.15) is 50.0 Å². The Bertz CT molecular complexity index is 704. The first-order chi connectivity index (χ1) is 12.5. The molecule has 1 saturated heterocycles. The molecule has 2 aliphatic rings. The van der Waals surface area contributed by atoms with Crippen LogP contribution in [0, 0.1) is 0 Å².